The van der Waals surface area contributed by atoms with Crippen molar-refractivity contribution in [1.29, 1.82) is 0 Å². The summed E-state index contributed by atoms with van der Waals surface area (Å²) >= 11 is 1.45. The first kappa shape index (κ1) is 18.0. The first-order valence-electron chi connectivity index (χ1n) is 7.86. The van der Waals surface area contributed by atoms with Gasteiger partial charge in [0.2, 0.25) is 10.0 Å². The molecule has 0 saturated carbocycles. The van der Waals surface area contributed by atoms with E-state index in [1.165, 1.54) is 11.3 Å². The number of hydrogen-bond acceptors (Lipinski definition) is 8. The summed E-state index contributed by atoms with van der Waals surface area (Å²) in [6.07, 6.45) is 3.00. The predicted octanol–water partition coefficient (Wildman–Crippen LogP) is 0.733. The number of hydrogen-bond donors (Lipinski definition) is 1. The van der Waals surface area contributed by atoms with Crippen molar-refractivity contribution in [2.24, 2.45) is 4.99 Å². The lowest BCUT2D eigenvalue weighted by Crippen LogP contribution is -2.39. The molecule has 10 heteroatoms. The Morgan fingerprint density at radius 3 is 2.84 bits per heavy atom. The van der Waals surface area contributed by atoms with Crippen molar-refractivity contribution >= 4 is 33.2 Å². The van der Waals surface area contributed by atoms with Gasteiger partial charge in [-0.15, -0.1) is 11.3 Å². The van der Waals surface area contributed by atoms with E-state index in [4.69, 9.17) is 4.74 Å². The van der Waals surface area contributed by atoms with Gasteiger partial charge in [0.15, 0.2) is 10.8 Å². The van der Waals surface area contributed by atoms with Gasteiger partial charge in [0.05, 0.1) is 24.5 Å². The van der Waals surface area contributed by atoms with Crippen LogP contribution in [0.1, 0.15) is 25.3 Å². The van der Waals surface area contributed by atoms with Crippen LogP contribution in [-0.4, -0.2) is 61.6 Å². The van der Waals surface area contributed by atoms with E-state index < -0.39 is 16.0 Å². The van der Waals surface area contributed by atoms with Gasteiger partial charge in [-0.3, -0.25) is 4.99 Å². The largest absolute Gasteiger partial charge is 0.460 e. The minimum absolute atomic E-state index is 0.206. The number of nitrogens with one attached hydrogen (secondary N) is 1. The van der Waals surface area contributed by atoms with Gasteiger partial charge in [-0.25, -0.2) is 22.9 Å². The summed E-state index contributed by atoms with van der Waals surface area (Å²) < 4.78 is 31.1. The van der Waals surface area contributed by atoms with Gasteiger partial charge >= 0.3 is 5.97 Å². The molecule has 0 radical (unpaired) electrons. The Bertz CT molecular complexity index is 828. The number of sulfonamides is 1. The average molecular weight is 384 g/mol. The Hall–Kier alpha value is -1.78. The van der Waals surface area contributed by atoms with Crippen LogP contribution in [0.4, 0.5) is 0 Å². The molecule has 8 nitrogen and oxygen atoms in total. The molecule has 25 heavy (non-hydrogen) atoms. The molecule has 3 rings (SSSR count). The monoisotopic (exact) mass is 384 g/mol. The van der Waals surface area contributed by atoms with Crippen molar-refractivity contribution in [3.63, 3.8) is 0 Å². The van der Waals surface area contributed by atoms with Crippen LogP contribution >= 0.6 is 11.3 Å². The maximum atomic E-state index is 12.4. The van der Waals surface area contributed by atoms with E-state index >= 15 is 0 Å². The van der Waals surface area contributed by atoms with Crippen LogP contribution in [0.25, 0.3) is 0 Å². The van der Waals surface area contributed by atoms with E-state index in [2.05, 4.69) is 14.7 Å². The molecule has 1 aromatic rings. The number of aromatic nitrogens is 1. The summed E-state index contributed by atoms with van der Waals surface area (Å²) in [5.74, 6) is 0.265. The number of aliphatic imine (C=N–C) groups is 1. The second kappa shape index (κ2) is 6.85. The molecule has 1 aromatic heterocycles. The van der Waals surface area contributed by atoms with Crippen molar-refractivity contribution in [1.82, 2.24) is 14.6 Å². The first-order chi connectivity index (χ1) is 11.7. The summed E-state index contributed by atoms with van der Waals surface area (Å²) in [7, 11) is -3.35. The fraction of sp³-hybridized carbons (Fsp3) is 0.533. The minimum atomic E-state index is -3.35. The number of carbonyl (C=O) groups is 1. The van der Waals surface area contributed by atoms with Crippen molar-refractivity contribution in [3.05, 3.63) is 27.9 Å². The van der Waals surface area contributed by atoms with Crippen LogP contribution in [0.15, 0.2) is 27.8 Å². The van der Waals surface area contributed by atoms with Gasteiger partial charge < -0.3 is 9.64 Å². The molecule has 1 saturated heterocycles. The summed E-state index contributed by atoms with van der Waals surface area (Å²) in [6, 6.07) is -0.324. The van der Waals surface area contributed by atoms with Gasteiger partial charge in [-0.2, -0.15) is 0 Å². The Labute approximate surface area is 150 Å². The van der Waals surface area contributed by atoms with Crippen molar-refractivity contribution < 1.29 is 17.9 Å². The molecule has 0 spiro atoms. The second-order valence-electron chi connectivity index (χ2n) is 6.26. The van der Waals surface area contributed by atoms with Crippen LogP contribution < -0.4 is 4.72 Å². The lowest BCUT2D eigenvalue weighted by molar-refractivity contribution is -0.142. The summed E-state index contributed by atoms with van der Waals surface area (Å²) in [5.41, 5.74) is 1.24. The highest BCUT2D eigenvalue weighted by molar-refractivity contribution is 7.88. The lowest BCUT2D eigenvalue weighted by atomic mass is 10.1. The quantitative estimate of drug-likeness (QED) is 0.751. The van der Waals surface area contributed by atoms with Gasteiger partial charge in [-0.05, 0) is 13.8 Å². The zero-order valence-corrected chi connectivity index (χ0v) is 15.9. The lowest BCUT2D eigenvalue weighted by Gasteiger charge is -2.27. The van der Waals surface area contributed by atoms with E-state index in [0.717, 1.165) is 17.0 Å². The highest BCUT2D eigenvalue weighted by Gasteiger charge is 2.38. The second-order valence-corrected chi connectivity index (χ2v) is 8.93. The van der Waals surface area contributed by atoms with Gasteiger partial charge in [0, 0.05) is 36.3 Å². The Morgan fingerprint density at radius 1 is 1.48 bits per heavy atom. The standard InChI is InChI=1S/C15H20N4O4S2/c1-9(2)23-15(20)11-7-17-13(14-16-4-5-24-14)19-8-10(6-12(11)19)18-25(3,21)22/h4-5,9-10,18H,6-8H2,1-3H3. The summed E-state index contributed by atoms with van der Waals surface area (Å²) in [4.78, 5) is 23.1. The van der Waals surface area contributed by atoms with Crippen LogP contribution in [-0.2, 0) is 19.6 Å². The summed E-state index contributed by atoms with van der Waals surface area (Å²) in [5, 5.41) is 2.60. The maximum absolute atomic E-state index is 12.4. The van der Waals surface area contributed by atoms with Crippen LogP contribution in [0, 0.1) is 0 Å². The van der Waals surface area contributed by atoms with E-state index in [1.807, 2.05) is 10.3 Å². The average Bonchev–Trinajstić information content (AvgIpc) is 3.12. The fourth-order valence-electron chi connectivity index (χ4n) is 2.94. The minimum Gasteiger partial charge on any atom is -0.460 e. The van der Waals surface area contributed by atoms with Crippen LogP contribution in [0.3, 0.4) is 0 Å². The number of rotatable bonds is 5. The third-order valence-corrected chi connectivity index (χ3v) is 5.28. The first-order valence-corrected chi connectivity index (χ1v) is 10.6. The molecule has 1 fully saturated rings. The maximum Gasteiger partial charge on any atom is 0.337 e. The molecule has 0 aromatic carbocycles. The van der Waals surface area contributed by atoms with Crippen molar-refractivity contribution in [2.45, 2.75) is 32.4 Å². The number of amidine groups is 1. The van der Waals surface area contributed by atoms with Gasteiger partial charge in [0.25, 0.3) is 0 Å². The highest BCUT2D eigenvalue weighted by atomic mass is 32.2. The van der Waals surface area contributed by atoms with E-state index in [-0.39, 0.29) is 18.7 Å². The number of nitrogens with zero attached hydrogens (tertiary/aromatic N) is 3. The van der Waals surface area contributed by atoms with E-state index in [9.17, 15) is 13.2 Å². The molecule has 1 N–H and O–H groups in total. The third-order valence-electron chi connectivity index (χ3n) is 3.75. The third kappa shape index (κ3) is 4.07. The van der Waals surface area contributed by atoms with Crippen molar-refractivity contribution in [3.8, 4) is 0 Å². The number of fused-ring (bicyclic) bond motifs is 1. The molecule has 1 unspecified atom stereocenters. The highest BCUT2D eigenvalue weighted by Crippen LogP contribution is 2.32. The molecule has 1 atom stereocenters. The SMILES string of the molecule is CC(C)OC(=O)C1=C2CC(NS(C)(=O)=O)CN2C(c2nccs2)=NC1. The van der Waals surface area contributed by atoms with Gasteiger partial charge in [0.1, 0.15) is 0 Å². The zero-order chi connectivity index (χ0) is 18.2. The molecule has 2 aliphatic rings. The normalized spacial score (nSPS) is 20.7. The molecule has 0 bridgehead atoms. The van der Waals surface area contributed by atoms with Crippen molar-refractivity contribution in [2.75, 3.05) is 19.3 Å². The molecule has 0 amide bonds. The fourth-order valence-corrected chi connectivity index (χ4v) is 4.35. The predicted molar refractivity (Wildman–Crippen MR) is 94.9 cm³/mol. The molecule has 136 valence electrons. The topological polar surface area (TPSA) is 101 Å². The Morgan fingerprint density at radius 2 is 2.24 bits per heavy atom. The summed E-state index contributed by atoms with van der Waals surface area (Å²) in [6.45, 7) is 4.18. The van der Waals surface area contributed by atoms with Gasteiger partial charge in [-0.1, -0.05) is 0 Å². The molecule has 0 aliphatic carbocycles. The van der Waals surface area contributed by atoms with E-state index in [0.29, 0.717) is 24.4 Å². The number of carbonyl (C=O) groups excluding carboxylic acids is 1. The number of thiazole rings is 1. The van der Waals surface area contributed by atoms with E-state index in [1.54, 1.807) is 20.0 Å². The Kier molecular flexibility index (Phi) is 4.94. The van der Waals surface area contributed by atoms with Crippen LogP contribution in [0.2, 0.25) is 0 Å². The molecule has 2 aliphatic heterocycles. The number of esters is 1. The Balaban J connectivity index is 1.93. The smallest absolute Gasteiger partial charge is 0.337 e. The number of ether oxygens (including phenoxy) is 1. The molecular formula is C15H20N4O4S2. The van der Waals surface area contributed by atoms with Crippen LogP contribution in [0.5, 0.6) is 0 Å². The molecular weight excluding hydrogens is 364 g/mol. The zero-order valence-electron chi connectivity index (χ0n) is 14.2. The molecule has 3 heterocycles.